The number of hydrogen-bond acceptors (Lipinski definition) is 10. The fourth-order valence-electron chi connectivity index (χ4n) is 5.02. The van der Waals surface area contributed by atoms with Crippen molar-refractivity contribution in [3.8, 4) is 22.7 Å². The van der Waals surface area contributed by atoms with Gasteiger partial charge in [-0.25, -0.2) is 9.48 Å². The molecule has 1 saturated heterocycles. The van der Waals surface area contributed by atoms with Gasteiger partial charge in [0, 0.05) is 30.4 Å². The van der Waals surface area contributed by atoms with Crippen molar-refractivity contribution in [1.82, 2.24) is 35.1 Å². The number of amides is 2. The number of ketones is 1. The summed E-state index contributed by atoms with van der Waals surface area (Å²) in [7, 11) is 0. The van der Waals surface area contributed by atoms with Crippen LogP contribution < -0.4 is 5.32 Å². The van der Waals surface area contributed by atoms with Crippen LogP contribution in [-0.4, -0.2) is 71.5 Å². The van der Waals surface area contributed by atoms with Crippen LogP contribution in [-0.2, 0) is 16.1 Å². The molecule has 1 fully saturated rings. The van der Waals surface area contributed by atoms with Gasteiger partial charge in [-0.3, -0.25) is 14.6 Å². The van der Waals surface area contributed by atoms with Crippen LogP contribution >= 0.6 is 0 Å². The summed E-state index contributed by atoms with van der Waals surface area (Å²) in [6.07, 6.45) is -0.128. The molecule has 4 aromatic rings. The maximum absolute atomic E-state index is 13.8. The third-order valence-electron chi connectivity index (χ3n) is 7.16. The summed E-state index contributed by atoms with van der Waals surface area (Å²) >= 11 is 0. The summed E-state index contributed by atoms with van der Waals surface area (Å²) < 4.78 is 37.4. The monoisotopic (exact) mass is 592 g/mol. The first-order valence-electron chi connectivity index (χ1n) is 13.4. The fraction of sp³-hybridized carbons (Fsp3) is 0.357. The number of Topliss-reactive ketones (excluding diaryl/α,β-unsaturated/α-hetero) is 1. The number of fused-ring (bicyclic) bond motifs is 1. The van der Waals surface area contributed by atoms with Crippen LogP contribution in [0, 0.1) is 5.41 Å². The highest BCUT2D eigenvalue weighted by Crippen LogP contribution is 2.42. The van der Waals surface area contributed by atoms with E-state index < -0.39 is 35.3 Å². The molecule has 6 rings (SSSR count). The van der Waals surface area contributed by atoms with E-state index in [1.165, 1.54) is 11.1 Å². The van der Waals surface area contributed by atoms with Gasteiger partial charge in [0.2, 0.25) is 11.8 Å². The Morgan fingerprint density at radius 2 is 1.93 bits per heavy atom. The Morgan fingerprint density at radius 3 is 2.63 bits per heavy atom. The number of nitrogens with one attached hydrogen (secondary N) is 1. The number of rotatable bonds is 5. The maximum Gasteiger partial charge on any atom is 0.410 e. The average molecular weight is 593 g/mol. The van der Waals surface area contributed by atoms with E-state index in [0.717, 1.165) is 0 Å². The Hall–Kier alpha value is -5.08. The molecular weight excluding hydrogens is 566 g/mol. The first-order valence-corrected chi connectivity index (χ1v) is 13.4. The summed E-state index contributed by atoms with van der Waals surface area (Å²) in [5.74, 6) is -1.63. The van der Waals surface area contributed by atoms with Gasteiger partial charge in [-0.1, -0.05) is 11.3 Å². The van der Waals surface area contributed by atoms with Crippen molar-refractivity contribution in [3.05, 3.63) is 59.9 Å². The van der Waals surface area contributed by atoms with E-state index in [0.29, 0.717) is 33.8 Å². The molecule has 5 heterocycles. The van der Waals surface area contributed by atoms with Crippen LogP contribution in [0.2, 0.25) is 0 Å². The molecule has 0 unspecified atom stereocenters. The second-order valence-electron chi connectivity index (χ2n) is 11.4. The number of carbonyl (C=O) groups is 3. The van der Waals surface area contributed by atoms with Crippen LogP contribution in [0.1, 0.15) is 55.6 Å². The number of pyridine rings is 1. The van der Waals surface area contributed by atoms with Crippen LogP contribution in [0.25, 0.3) is 22.7 Å². The minimum Gasteiger partial charge on any atom is -0.444 e. The number of aromatic nitrogens is 6. The van der Waals surface area contributed by atoms with Gasteiger partial charge in [-0.15, -0.1) is 15.3 Å². The lowest BCUT2D eigenvalue weighted by molar-refractivity contribution is -0.123. The van der Waals surface area contributed by atoms with E-state index >= 15 is 0 Å². The van der Waals surface area contributed by atoms with Crippen molar-refractivity contribution < 1.29 is 32.3 Å². The zero-order valence-electron chi connectivity index (χ0n) is 23.4. The first-order chi connectivity index (χ1) is 20.4. The number of hydrogen-bond donors (Lipinski definition) is 1. The number of halogens is 2. The lowest BCUT2D eigenvalue weighted by atomic mass is 9.75. The molecule has 1 N–H and O–H groups in total. The predicted octanol–water partition coefficient (Wildman–Crippen LogP) is 4.14. The molecule has 2 aliphatic heterocycles. The predicted molar refractivity (Wildman–Crippen MR) is 145 cm³/mol. The number of likely N-dealkylation sites (tertiary alicyclic amines) is 1. The normalized spacial score (nSPS) is 18.3. The quantitative estimate of drug-likeness (QED) is 0.334. The van der Waals surface area contributed by atoms with Crippen LogP contribution in [0.3, 0.4) is 0 Å². The van der Waals surface area contributed by atoms with Gasteiger partial charge in [-0.2, -0.15) is 8.78 Å². The molecule has 2 amide bonds. The third kappa shape index (κ3) is 5.33. The Morgan fingerprint density at radius 1 is 1.14 bits per heavy atom. The molecule has 43 heavy (non-hydrogen) atoms. The van der Waals surface area contributed by atoms with Crippen molar-refractivity contribution in [2.75, 3.05) is 18.4 Å². The lowest BCUT2D eigenvalue weighted by Gasteiger charge is -2.32. The highest BCUT2D eigenvalue weighted by Gasteiger charge is 2.55. The van der Waals surface area contributed by atoms with Crippen LogP contribution in [0.4, 0.5) is 19.3 Å². The Labute approximate surface area is 243 Å². The topological polar surface area (TPSA) is 158 Å². The highest BCUT2D eigenvalue weighted by molar-refractivity contribution is 6.24. The summed E-state index contributed by atoms with van der Waals surface area (Å²) in [4.78, 5) is 45.2. The molecule has 1 aromatic carbocycles. The molecule has 0 aliphatic carbocycles. The van der Waals surface area contributed by atoms with E-state index in [1.807, 2.05) is 0 Å². The summed E-state index contributed by atoms with van der Waals surface area (Å²) in [6, 6.07) is 8.32. The summed E-state index contributed by atoms with van der Waals surface area (Å²) in [6.45, 7) is 5.66. The standard InChI is InChI=1S/C28H26F2N8O5/c1-27(2,3)43-26(41)37-9-8-28(14-37)21(39)18-10-15(5-7-19(18)32-25(28)40)20-13-38(36-33-20)12-17-6-4-16(11-31-17)23-34-35-24(42-23)22(29)30/h4-7,10-11,13,22H,8-9,12,14H2,1-3H3,(H,32,40)/t28-/m0/s1. The van der Waals surface area contributed by atoms with E-state index in [1.54, 1.807) is 62.0 Å². The van der Waals surface area contributed by atoms with Gasteiger partial charge in [0.1, 0.15) is 16.7 Å². The Kier molecular flexibility index (Phi) is 6.74. The van der Waals surface area contributed by atoms with Crippen molar-refractivity contribution in [1.29, 1.82) is 0 Å². The fourth-order valence-corrected chi connectivity index (χ4v) is 5.02. The van der Waals surface area contributed by atoms with Gasteiger partial charge in [0.25, 0.3) is 5.89 Å². The minimum absolute atomic E-state index is 0.0625. The number of anilines is 1. The number of benzene rings is 1. The van der Waals surface area contributed by atoms with E-state index in [4.69, 9.17) is 9.15 Å². The maximum atomic E-state index is 13.8. The van der Waals surface area contributed by atoms with Gasteiger partial charge >= 0.3 is 12.5 Å². The summed E-state index contributed by atoms with van der Waals surface area (Å²) in [5.41, 5.74) is 0.705. The first kappa shape index (κ1) is 28.1. The molecule has 0 radical (unpaired) electrons. The van der Waals surface area contributed by atoms with Gasteiger partial charge in [-0.05, 0) is 51.5 Å². The second-order valence-corrected chi connectivity index (χ2v) is 11.4. The molecular formula is C28H26F2N8O5. The molecule has 0 bridgehead atoms. The molecule has 0 saturated carbocycles. The molecule has 3 aromatic heterocycles. The second kappa shape index (κ2) is 10.3. The molecule has 1 atom stereocenters. The zero-order chi connectivity index (χ0) is 30.5. The minimum atomic E-state index is -2.86. The van der Waals surface area contributed by atoms with Crippen LogP contribution in [0.15, 0.2) is 47.1 Å². The highest BCUT2D eigenvalue weighted by atomic mass is 19.3. The van der Waals surface area contributed by atoms with E-state index in [-0.39, 0.29) is 37.7 Å². The number of alkyl halides is 2. The van der Waals surface area contributed by atoms with Gasteiger partial charge in [0.15, 0.2) is 5.78 Å². The third-order valence-corrected chi connectivity index (χ3v) is 7.16. The smallest absolute Gasteiger partial charge is 0.410 e. The molecule has 222 valence electrons. The number of ether oxygens (including phenoxy) is 1. The van der Waals surface area contributed by atoms with Crippen molar-refractivity contribution >= 4 is 23.5 Å². The molecule has 1 spiro atoms. The van der Waals surface area contributed by atoms with Gasteiger partial charge in [0.05, 0.1) is 29.7 Å². The average Bonchev–Trinajstić information content (AvgIpc) is 3.72. The molecule has 15 heteroatoms. The van der Waals surface area contributed by atoms with Crippen molar-refractivity contribution in [2.45, 2.75) is 45.8 Å². The largest absolute Gasteiger partial charge is 0.444 e. The number of nitrogens with zero attached hydrogens (tertiary/aromatic N) is 7. The molecule has 13 nitrogen and oxygen atoms in total. The van der Waals surface area contributed by atoms with E-state index in [9.17, 15) is 23.2 Å². The summed E-state index contributed by atoms with van der Waals surface area (Å²) in [5, 5.41) is 18.1. The van der Waals surface area contributed by atoms with Crippen LogP contribution in [0.5, 0.6) is 0 Å². The SMILES string of the molecule is CC(C)(C)OC(=O)N1CC[C@@]2(C1)C(=O)Nc1ccc(-c3cn(Cc4ccc(-c5nnc(C(F)F)o5)cn4)nn3)cc1C2=O. The Bertz CT molecular complexity index is 1730. The van der Waals surface area contributed by atoms with Gasteiger partial charge < -0.3 is 19.4 Å². The number of carbonyl (C=O) groups excluding carboxylic acids is 3. The van der Waals surface area contributed by atoms with Crippen molar-refractivity contribution in [2.24, 2.45) is 5.41 Å². The molecule has 2 aliphatic rings. The van der Waals surface area contributed by atoms with Crippen molar-refractivity contribution in [3.63, 3.8) is 0 Å². The zero-order valence-corrected chi connectivity index (χ0v) is 23.4. The van der Waals surface area contributed by atoms with E-state index in [2.05, 4.69) is 30.8 Å². The Balaban J connectivity index is 1.17. The lowest BCUT2D eigenvalue weighted by Crippen LogP contribution is -2.49.